The number of carbonyl (C=O) groups is 1. The number of nitrogens with zero attached hydrogens (tertiary/aromatic N) is 2. The molecule has 5 nitrogen and oxygen atoms in total. The van der Waals surface area contributed by atoms with Crippen LogP contribution in [0.4, 0.5) is 11.6 Å². The van der Waals surface area contributed by atoms with Crippen LogP contribution in [0.25, 0.3) is 0 Å². The van der Waals surface area contributed by atoms with Gasteiger partial charge < -0.3 is 10.6 Å². The maximum absolute atomic E-state index is 11.9. The highest BCUT2D eigenvalue weighted by Gasteiger charge is 2.08. The van der Waals surface area contributed by atoms with Gasteiger partial charge in [-0.3, -0.25) is 4.79 Å². The van der Waals surface area contributed by atoms with Crippen LogP contribution in [0.3, 0.4) is 0 Å². The zero-order valence-electron chi connectivity index (χ0n) is 13.3. The van der Waals surface area contributed by atoms with Gasteiger partial charge in [0.25, 0.3) is 5.91 Å². The molecule has 0 spiro atoms. The molecular formula is C17H22N4O. The number of anilines is 2. The van der Waals surface area contributed by atoms with Crippen LogP contribution in [-0.2, 0) is 0 Å². The average molecular weight is 298 g/mol. The molecular weight excluding hydrogens is 276 g/mol. The minimum absolute atomic E-state index is 0.178. The van der Waals surface area contributed by atoms with Crippen LogP contribution in [0.1, 0.15) is 49.2 Å². The second kappa shape index (κ2) is 7.54. The number of benzene rings is 1. The summed E-state index contributed by atoms with van der Waals surface area (Å²) < 4.78 is 0. The molecule has 0 bridgehead atoms. The van der Waals surface area contributed by atoms with Crippen molar-refractivity contribution < 1.29 is 4.79 Å². The molecule has 5 heteroatoms. The maximum atomic E-state index is 11.9. The molecule has 0 radical (unpaired) electrons. The summed E-state index contributed by atoms with van der Waals surface area (Å²) in [6.07, 6.45) is 2.48. The number of aromatic nitrogens is 2. The van der Waals surface area contributed by atoms with E-state index in [9.17, 15) is 4.79 Å². The highest BCUT2D eigenvalue weighted by Crippen LogP contribution is 2.19. The lowest BCUT2D eigenvalue weighted by Crippen LogP contribution is -2.25. The van der Waals surface area contributed by atoms with Crippen LogP contribution in [0.15, 0.2) is 36.5 Å². The molecule has 0 saturated carbocycles. The van der Waals surface area contributed by atoms with Crippen molar-refractivity contribution in [2.45, 2.75) is 33.1 Å². The summed E-state index contributed by atoms with van der Waals surface area (Å²) >= 11 is 0. The summed E-state index contributed by atoms with van der Waals surface area (Å²) in [4.78, 5) is 20.3. The number of rotatable bonds is 6. The predicted octanol–water partition coefficient (Wildman–Crippen LogP) is 3.48. The first-order chi connectivity index (χ1) is 10.6. The maximum Gasteiger partial charge on any atom is 0.270 e. The van der Waals surface area contributed by atoms with Crippen molar-refractivity contribution in [2.24, 2.45) is 0 Å². The second-order valence-electron chi connectivity index (χ2n) is 5.42. The Morgan fingerprint density at radius 3 is 2.55 bits per heavy atom. The zero-order chi connectivity index (χ0) is 15.9. The molecule has 0 aliphatic carbocycles. The van der Waals surface area contributed by atoms with Crippen molar-refractivity contribution in [3.8, 4) is 0 Å². The van der Waals surface area contributed by atoms with E-state index in [-0.39, 0.29) is 5.91 Å². The first-order valence-electron chi connectivity index (χ1n) is 7.58. The molecule has 1 heterocycles. The summed E-state index contributed by atoms with van der Waals surface area (Å²) in [5.41, 5.74) is 2.54. The lowest BCUT2D eigenvalue weighted by Gasteiger charge is -2.09. The third-order valence-corrected chi connectivity index (χ3v) is 3.26. The number of hydrogen-bond acceptors (Lipinski definition) is 4. The largest absolute Gasteiger partial charge is 0.351 e. The zero-order valence-corrected chi connectivity index (χ0v) is 13.3. The Kier molecular flexibility index (Phi) is 5.47. The Balaban J connectivity index is 2.08. The molecule has 1 aromatic carbocycles. The monoisotopic (exact) mass is 298 g/mol. The average Bonchev–Trinajstić information content (AvgIpc) is 2.53. The fourth-order valence-corrected chi connectivity index (χ4v) is 1.95. The van der Waals surface area contributed by atoms with Crippen LogP contribution in [0.5, 0.6) is 0 Å². The quantitative estimate of drug-likeness (QED) is 0.856. The van der Waals surface area contributed by atoms with E-state index in [2.05, 4.69) is 46.6 Å². The van der Waals surface area contributed by atoms with Crippen LogP contribution < -0.4 is 10.6 Å². The Hall–Kier alpha value is -2.43. The smallest absolute Gasteiger partial charge is 0.270 e. The summed E-state index contributed by atoms with van der Waals surface area (Å²) in [6.45, 7) is 6.96. The van der Waals surface area contributed by atoms with E-state index < -0.39 is 0 Å². The Labute approximate surface area is 131 Å². The van der Waals surface area contributed by atoms with Crippen molar-refractivity contribution in [3.63, 3.8) is 0 Å². The van der Waals surface area contributed by atoms with Gasteiger partial charge in [-0.1, -0.05) is 32.9 Å². The molecule has 2 aromatic rings. The molecule has 1 aromatic heterocycles. The van der Waals surface area contributed by atoms with E-state index in [0.717, 1.165) is 12.1 Å². The van der Waals surface area contributed by atoms with Crippen molar-refractivity contribution >= 4 is 17.5 Å². The molecule has 0 aliphatic rings. The SMILES string of the molecule is CCCNC(=O)c1ccnc(Nc2ccc(C(C)C)cc2)n1. The molecule has 0 saturated heterocycles. The molecule has 116 valence electrons. The topological polar surface area (TPSA) is 66.9 Å². The van der Waals surface area contributed by atoms with E-state index in [1.165, 1.54) is 5.56 Å². The molecule has 0 unspecified atom stereocenters. The number of amides is 1. The fourth-order valence-electron chi connectivity index (χ4n) is 1.95. The third kappa shape index (κ3) is 4.28. The van der Waals surface area contributed by atoms with Crippen LogP contribution in [0.2, 0.25) is 0 Å². The lowest BCUT2D eigenvalue weighted by molar-refractivity contribution is 0.0948. The molecule has 0 fully saturated rings. The van der Waals surface area contributed by atoms with Gasteiger partial charge in [-0.25, -0.2) is 9.97 Å². The summed E-state index contributed by atoms with van der Waals surface area (Å²) in [5, 5.41) is 5.92. The van der Waals surface area contributed by atoms with E-state index in [0.29, 0.717) is 24.1 Å². The van der Waals surface area contributed by atoms with Gasteiger partial charge in [0.15, 0.2) is 0 Å². The Morgan fingerprint density at radius 2 is 1.91 bits per heavy atom. The Morgan fingerprint density at radius 1 is 1.18 bits per heavy atom. The van der Waals surface area contributed by atoms with Gasteiger partial charge in [0.2, 0.25) is 5.95 Å². The normalized spacial score (nSPS) is 10.5. The summed E-state index contributed by atoms with van der Waals surface area (Å²) in [7, 11) is 0. The summed E-state index contributed by atoms with van der Waals surface area (Å²) in [5.74, 6) is 0.736. The standard InChI is InChI=1S/C17H22N4O/c1-4-10-18-16(22)15-9-11-19-17(21-15)20-14-7-5-13(6-8-14)12(2)3/h5-9,11-12H,4,10H2,1-3H3,(H,18,22)(H,19,20,21). The number of hydrogen-bond donors (Lipinski definition) is 2. The number of nitrogens with one attached hydrogen (secondary N) is 2. The van der Waals surface area contributed by atoms with Crippen molar-refractivity contribution in [2.75, 3.05) is 11.9 Å². The minimum atomic E-state index is -0.178. The fraction of sp³-hybridized carbons (Fsp3) is 0.353. The summed E-state index contributed by atoms with van der Waals surface area (Å²) in [6, 6.07) is 9.73. The lowest BCUT2D eigenvalue weighted by atomic mass is 10.0. The van der Waals surface area contributed by atoms with Crippen molar-refractivity contribution in [1.82, 2.24) is 15.3 Å². The molecule has 1 amide bonds. The Bertz CT molecular complexity index is 623. The van der Waals surface area contributed by atoms with Crippen LogP contribution in [-0.4, -0.2) is 22.4 Å². The number of carbonyl (C=O) groups excluding carboxylic acids is 1. The van der Waals surface area contributed by atoms with E-state index in [4.69, 9.17) is 0 Å². The van der Waals surface area contributed by atoms with Gasteiger partial charge in [-0.05, 0) is 36.1 Å². The van der Waals surface area contributed by atoms with Crippen LogP contribution in [0, 0.1) is 0 Å². The van der Waals surface area contributed by atoms with Gasteiger partial charge in [-0.2, -0.15) is 0 Å². The molecule has 2 rings (SSSR count). The second-order valence-corrected chi connectivity index (χ2v) is 5.42. The molecule has 22 heavy (non-hydrogen) atoms. The third-order valence-electron chi connectivity index (χ3n) is 3.26. The highest BCUT2D eigenvalue weighted by molar-refractivity contribution is 5.92. The van der Waals surface area contributed by atoms with E-state index in [1.807, 2.05) is 19.1 Å². The first-order valence-corrected chi connectivity index (χ1v) is 7.58. The minimum Gasteiger partial charge on any atom is -0.351 e. The van der Waals surface area contributed by atoms with Gasteiger partial charge in [-0.15, -0.1) is 0 Å². The van der Waals surface area contributed by atoms with E-state index in [1.54, 1.807) is 12.3 Å². The van der Waals surface area contributed by atoms with E-state index >= 15 is 0 Å². The first kappa shape index (κ1) is 15.9. The molecule has 2 N–H and O–H groups in total. The predicted molar refractivity (Wildman–Crippen MR) is 88.5 cm³/mol. The molecule has 0 atom stereocenters. The van der Waals surface area contributed by atoms with Crippen molar-refractivity contribution in [1.29, 1.82) is 0 Å². The van der Waals surface area contributed by atoms with Gasteiger partial charge >= 0.3 is 0 Å². The molecule has 0 aliphatic heterocycles. The van der Waals surface area contributed by atoms with Gasteiger partial charge in [0, 0.05) is 18.4 Å². The van der Waals surface area contributed by atoms with Crippen LogP contribution >= 0.6 is 0 Å². The highest BCUT2D eigenvalue weighted by atomic mass is 16.1. The van der Waals surface area contributed by atoms with Gasteiger partial charge in [0.05, 0.1) is 0 Å². The van der Waals surface area contributed by atoms with Crippen molar-refractivity contribution in [3.05, 3.63) is 47.8 Å². The van der Waals surface area contributed by atoms with Gasteiger partial charge in [0.1, 0.15) is 5.69 Å².